The Morgan fingerprint density at radius 3 is 2.60 bits per heavy atom. The number of aliphatic hydroxyl groups excluding tert-OH is 1. The van der Waals surface area contributed by atoms with Crippen molar-refractivity contribution in [2.45, 2.75) is 37.8 Å². The normalized spacial score (nSPS) is 14.1. The average molecular weight is 313 g/mol. The third-order valence-electron chi connectivity index (χ3n) is 3.61. The summed E-state index contributed by atoms with van der Waals surface area (Å²) in [5.41, 5.74) is 0. The molecule has 1 unspecified atom stereocenters. The second-order valence-corrected chi connectivity index (χ2v) is 7.86. The molecule has 0 radical (unpaired) electrons. The molecule has 0 saturated heterocycles. The van der Waals surface area contributed by atoms with Gasteiger partial charge in [0.15, 0.2) is 0 Å². The van der Waals surface area contributed by atoms with E-state index in [1.165, 1.54) is 15.6 Å². The maximum absolute atomic E-state index is 12.8. The molecule has 20 heavy (non-hydrogen) atoms. The van der Waals surface area contributed by atoms with Gasteiger partial charge in [-0.3, -0.25) is 0 Å². The van der Waals surface area contributed by atoms with Crippen LogP contribution in [0.1, 0.15) is 25.1 Å². The number of hydrogen-bond donors (Lipinski definition) is 1. The summed E-state index contributed by atoms with van der Waals surface area (Å²) < 4.78 is 27.9. The van der Waals surface area contributed by atoms with Gasteiger partial charge in [-0.05, 0) is 19.4 Å². The first-order valence-electron chi connectivity index (χ1n) is 6.52. The monoisotopic (exact) mass is 313 g/mol. The van der Waals surface area contributed by atoms with Crippen LogP contribution in [-0.2, 0) is 16.6 Å². The highest BCUT2D eigenvalue weighted by atomic mass is 32.2. The average Bonchev–Trinajstić information content (AvgIpc) is 2.84. The van der Waals surface area contributed by atoms with Crippen molar-refractivity contribution < 1.29 is 13.5 Å². The highest BCUT2D eigenvalue weighted by Crippen LogP contribution is 2.36. The Morgan fingerprint density at radius 2 is 2.00 bits per heavy atom. The molecule has 2 rings (SSSR count). The summed E-state index contributed by atoms with van der Waals surface area (Å²) in [5.74, 6) is 0. The van der Waals surface area contributed by atoms with E-state index in [4.69, 9.17) is 0 Å². The Bertz CT molecular complexity index is 706. The largest absolute Gasteiger partial charge is 0.391 e. The first-order chi connectivity index (χ1) is 9.43. The summed E-state index contributed by atoms with van der Waals surface area (Å²) in [4.78, 5) is 0.754. The molecule has 0 aliphatic heterocycles. The van der Waals surface area contributed by atoms with Gasteiger partial charge in [0, 0.05) is 23.2 Å². The van der Waals surface area contributed by atoms with Gasteiger partial charge in [0.1, 0.15) is 4.90 Å². The van der Waals surface area contributed by atoms with E-state index in [2.05, 4.69) is 0 Å². The standard InChI is InChI=1S/C14H19NO3S2/c1-4-10(2)15(3)20(17,18)14-11-7-5-6-8-12(11)19-13(14)9-16/h5-8,10,16H,4,9H2,1-3H3. The smallest absolute Gasteiger partial charge is 0.244 e. The van der Waals surface area contributed by atoms with Crippen LogP contribution >= 0.6 is 11.3 Å². The van der Waals surface area contributed by atoms with Gasteiger partial charge in [-0.2, -0.15) is 4.31 Å². The molecule has 0 amide bonds. The molecule has 1 aromatic heterocycles. The molecule has 0 aliphatic rings. The van der Waals surface area contributed by atoms with E-state index in [0.717, 1.165) is 11.1 Å². The molecule has 2 aromatic rings. The van der Waals surface area contributed by atoms with Crippen molar-refractivity contribution >= 4 is 31.4 Å². The minimum absolute atomic E-state index is 0.0785. The lowest BCUT2D eigenvalue weighted by molar-refractivity contribution is 0.282. The number of rotatable bonds is 5. The van der Waals surface area contributed by atoms with Gasteiger partial charge in [0.25, 0.3) is 0 Å². The number of thiophene rings is 1. The molecule has 1 atom stereocenters. The molecule has 110 valence electrons. The van der Waals surface area contributed by atoms with Crippen molar-refractivity contribution in [2.75, 3.05) is 7.05 Å². The van der Waals surface area contributed by atoms with Gasteiger partial charge in [0.2, 0.25) is 10.0 Å². The second kappa shape index (κ2) is 5.81. The fraction of sp³-hybridized carbons (Fsp3) is 0.429. The molecule has 1 heterocycles. The number of hydrogen-bond acceptors (Lipinski definition) is 4. The molecule has 4 nitrogen and oxygen atoms in total. The SMILES string of the molecule is CCC(C)N(C)S(=O)(=O)c1c(CO)sc2ccccc12. The number of fused-ring (bicyclic) bond motifs is 1. The summed E-state index contributed by atoms with van der Waals surface area (Å²) >= 11 is 1.33. The van der Waals surface area contributed by atoms with Crippen LogP contribution in [0.2, 0.25) is 0 Å². The molecule has 0 aliphatic carbocycles. The summed E-state index contributed by atoms with van der Waals surface area (Å²) in [6, 6.07) is 7.28. The van der Waals surface area contributed by atoms with Crippen molar-refractivity contribution in [2.24, 2.45) is 0 Å². The molecule has 0 spiro atoms. The predicted octanol–water partition coefficient (Wildman–Crippen LogP) is 2.81. The van der Waals surface area contributed by atoms with Crippen LogP contribution in [0.3, 0.4) is 0 Å². The van der Waals surface area contributed by atoms with Crippen LogP contribution in [0.15, 0.2) is 29.2 Å². The first-order valence-corrected chi connectivity index (χ1v) is 8.78. The Hall–Kier alpha value is -0.950. The van der Waals surface area contributed by atoms with Crippen LogP contribution in [0.25, 0.3) is 10.1 Å². The predicted molar refractivity (Wildman–Crippen MR) is 82.4 cm³/mol. The van der Waals surface area contributed by atoms with Crippen molar-refractivity contribution in [3.63, 3.8) is 0 Å². The fourth-order valence-corrected chi connectivity index (χ4v) is 5.28. The second-order valence-electron chi connectivity index (χ2n) is 4.79. The van der Waals surface area contributed by atoms with Gasteiger partial charge in [0.05, 0.1) is 11.5 Å². The summed E-state index contributed by atoms with van der Waals surface area (Å²) in [6.45, 7) is 3.57. The number of nitrogens with zero attached hydrogens (tertiary/aromatic N) is 1. The Labute approximate surface area is 123 Å². The maximum atomic E-state index is 12.8. The zero-order valence-electron chi connectivity index (χ0n) is 11.8. The van der Waals surface area contributed by atoms with Crippen molar-refractivity contribution in [1.82, 2.24) is 4.31 Å². The first kappa shape index (κ1) is 15.4. The van der Waals surface area contributed by atoms with E-state index in [1.54, 1.807) is 13.1 Å². The van der Waals surface area contributed by atoms with Crippen LogP contribution in [-0.4, -0.2) is 30.9 Å². The van der Waals surface area contributed by atoms with E-state index in [-0.39, 0.29) is 17.5 Å². The van der Waals surface area contributed by atoms with Crippen LogP contribution in [0, 0.1) is 0 Å². The number of sulfonamides is 1. The van der Waals surface area contributed by atoms with Gasteiger partial charge in [-0.15, -0.1) is 11.3 Å². The Balaban J connectivity index is 2.67. The third-order valence-corrected chi connectivity index (χ3v) is 7.00. The van der Waals surface area contributed by atoms with Gasteiger partial charge >= 0.3 is 0 Å². The minimum atomic E-state index is -3.59. The molecule has 1 N–H and O–H groups in total. The van der Waals surface area contributed by atoms with Gasteiger partial charge in [-0.25, -0.2) is 8.42 Å². The molecule has 0 bridgehead atoms. The van der Waals surface area contributed by atoms with Crippen LogP contribution in [0.4, 0.5) is 0 Å². The Morgan fingerprint density at radius 1 is 1.35 bits per heavy atom. The van der Waals surface area contributed by atoms with Crippen molar-refractivity contribution in [3.05, 3.63) is 29.1 Å². The van der Waals surface area contributed by atoms with Gasteiger partial charge in [-0.1, -0.05) is 25.1 Å². The number of aliphatic hydroxyl groups is 1. The zero-order chi connectivity index (χ0) is 14.9. The van der Waals surface area contributed by atoms with E-state index in [0.29, 0.717) is 10.3 Å². The topological polar surface area (TPSA) is 57.6 Å². The quantitative estimate of drug-likeness (QED) is 0.923. The van der Waals surface area contributed by atoms with E-state index < -0.39 is 10.0 Å². The van der Waals surface area contributed by atoms with Crippen LogP contribution < -0.4 is 0 Å². The van der Waals surface area contributed by atoms with Crippen molar-refractivity contribution in [3.8, 4) is 0 Å². The molecule has 6 heteroatoms. The lowest BCUT2D eigenvalue weighted by atomic mass is 10.2. The van der Waals surface area contributed by atoms with E-state index >= 15 is 0 Å². The zero-order valence-corrected chi connectivity index (χ0v) is 13.5. The molecule has 0 fully saturated rings. The lowest BCUT2D eigenvalue weighted by Gasteiger charge is -2.23. The summed E-state index contributed by atoms with van der Waals surface area (Å²) in [5, 5.41) is 10.2. The summed E-state index contributed by atoms with van der Waals surface area (Å²) in [6.07, 6.45) is 0.742. The van der Waals surface area contributed by atoms with Gasteiger partial charge < -0.3 is 5.11 Å². The van der Waals surface area contributed by atoms with E-state index in [9.17, 15) is 13.5 Å². The highest BCUT2D eigenvalue weighted by Gasteiger charge is 2.30. The molecule has 1 aromatic carbocycles. The molecular formula is C14H19NO3S2. The number of benzene rings is 1. The summed E-state index contributed by atoms with van der Waals surface area (Å²) in [7, 11) is -2.00. The Kier molecular flexibility index (Phi) is 4.49. The molecule has 0 saturated carbocycles. The van der Waals surface area contributed by atoms with Crippen molar-refractivity contribution in [1.29, 1.82) is 0 Å². The van der Waals surface area contributed by atoms with Crippen LogP contribution in [0.5, 0.6) is 0 Å². The fourth-order valence-electron chi connectivity index (χ4n) is 2.10. The van der Waals surface area contributed by atoms with E-state index in [1.807, 2.05) is 32.0 Å². The minimum Gasteiger partial charge on any atom is -0.391 e. The third kappa shape index (κ3) is 2.48. The molecular weight excluding hydrogens is 294 g/mol. The maximum Gasteiger partial charge on any atom is 0.244 e. The highest BCUT2D eigenvalue weighted by molar-refractivity contribution is 7.89. The lowest BCUT2D eigenvalue weighted by Crippen LogP contribution is -2.34.